The van der Waals surface area contributed by atoms with E-state index >= 15 is 0 Å². The van der Waals surface area contributed by atoms with Crippen LogP contribution < -0.4 is 0 Å². The number of aliphatic carboxylic acids is 1. The second-order valence-electron chi connectivity index (χ2n) is 3.62. The van der Waals surface area contributed by atoms with Crippen LogP contribution in [0.25, 0.3) is 0 Å². The third-order valence-electron chi connectivity index (χ3n) is 2.73. The molecule has 0 spiro atoms. The van der Waals surface area contributed by atoms with E-state index in [1.165, 1.54) is 4.88 Å². The third kappa shape index (κ3) is 2.79. The summed E-state index contributed by atoms with van der Waals surface area (Å²) in [5, 5.41) is 11.1. The van der Waals surface area contributed by atoms with Gasteiger partial charge >= 0.3 is 5.97 Å². The Morgan fingerprint density at radius 3 is 2.73 bits per heavy atom. The van der Waals surface area contributed by atoms with E-state index in [4.69, 9.17) is 5.11 Å². The van der Waals surface area contributed by atoms with Crippen molar-refractivity contribution in [1.29, 1.82) is 0 Å². The number of hydrogen-bond acceptors (Lipinski definition) is 3. The van der Waals surface area contributed by atoms with Gasteiger partial charge in [-0.2, -0.15) is 0 Å². The van der Waals surface area contributed by atoms with Gasteiger partial charge < -0.3 is 5.11 Å². The molecule has 84 valence electrons. The monoisotopic (exact) mass is 227 g/mol. The molecule has 1 heterocycles. The van der Waals surface area contributed by atoms with Gasteiger partial charge in [0.05, 0.1) is 0 Å². The van der Waals surface area contributed by atoms with Crippen molar-refractivity contribution in [3.8, 4) is 0 Å². The fraction of sp³-hybridized carbons (Fsp3) is 0.545. The number of thiophene rings is 1. The maximum Gasteiger partial charge on any atom is 0.320 e. The highest BCUT2D eigenvalue weighted by atomic mass is 32.1. The molecule has 0 radical (unpaired) electrons. The molecular formula is C11H17NO2S. The summed E-state index contributed by atoms with van der Waals surface area (Å²) in [6, 6.07) is 3.79. The van der Waals surface area contributed by atoms with Crippen molar-refractivity contribution < 1.29 is 9.90 Å². The van der Waals surface area contributed by atoms with Gasteiger partial charge in [0.1, 0.15) is 6.04 Å². The van der Waals surface area contributed by atoms with Gasteiger partial charge in [0.15, 0.2) is 0 Å². The van der Waals surface area contributed by atoms with Gasteiger partial charge in [0, 0.05) is 10.9 Å². The molecule has 1 aromatic heterocycles. The SMILES string of the molecule is CCC(C(=O)O)N(C)C(C)c1cccs1. The summed E-state index contributed by atoms with van der Waals surface area (Å²) in [6.45, 7) is 3.94. The average Bonchev–Trinajstić information content (AvgIpc) is 2.69. The molecule has 2 atom stereocenters. The maximum absolute atomic E-state index is 11.0. The van der Waals surface area contributed by atoms with E-state index in [0.29, 0.717) is 6.42 Å². The van der Waals surface area contributed by atoms with Crippen molar-refractivity contribution in [3.05, 3.63) is 22.4 Å². The van der Waals surface area contributed by atoms with E-state index in [9.17, 15) is 4.79 Å². The molecule has 1 N–H and O–H groups in total. The van der Waals surface area contributed by atoms with E-state index in [2.05, 4.69) is 0 Å². The Balaban J connectivity index is 2.75. The van der Waals surface area contributed by atoms with Crippen molar-refractivity contribution in [3.63, 3.8) is 0 Å². The predicted molar refractivity (Wildman–Crippen MR) is 62.2 cm³/mol. The molecule has 0 saturated heterocycles. The Morgan fingerprint density at radius 2 is 2.33 bits per heavy atom. The minimum atomic E-state index is -0.747. The molecule has 0 bridgehead atoms. The van der Waals surface area contributed by atoms with Crippen LogP contribution in [0.3, 0.4) is 0 Å². The Morgan fingerprint density at radius 1 is 1.67 bits per heavy atom. The van der Waals surface area contributed by atoms with E-state index in [0.717, 1.165) is 0 Å². The summed E-state index contributed by atoms with van der Waals surface area (Å²) in [7, 11) is 1.87. The van der Waals surface area contributed by atoms with Crippen molar-refractivity contribution in [2.24, 2.45) is 0 Å². The molecule has 0 saturated carbocycles. The van der Waals surface area contributed by atoms with Crippen LogP contribution in [0.4, 0.5) is 0 Å². The molecular weight excluding hydrogens is 210 g/mol. The molecule has 15 heavy (non-hydrogen) atoms. The molecule has 0 fully saturated rings. The van der Waals surface area contributed by atoms with Gasteiger partial charge in [-0.25, -0.2) is 0 Å². The highest BCUT2D eigenvalue weighted by molar-refractivity contribution is 7.10. The molecule has 1 rings (SSSR count). The van der Waals surface area contributed by atoms with Gasteiger partial charge in [0.25, 0.3) is 0 Å². The third-order valence-corrected chi connectivity index (χ3v) is 3.77. The fourth-order valence-electron chi connectivity index (χ4n) is 1.64. The second kappa shape index (κ2) is 5.28. The Kier molecular flexibility index (Phi) is 4.29. The van der Waals surface area contributed by atoms with E-state index in [1.807, 2.05) is 43.3 Å². The number of rotatable bonds is 5. The largest absolute Gasteiger partial charge is 0.480 e. The highest BCUT2D eigenvalue weighted by Gasteiger charge is 2.25. The zero-order valence-corrected chi connectivity index (χ0v) is 10.1. The lowest BCUT2D eigenvalue weighted by atomic mass is 10.1. The summed E-state index contributed by atoms with van der Waals surface area (Å²) in [4.78, 5) is 14.1. The summed E-state index contributed by atoms with van der Waals surface area (Å²) in [5.41, 5.74) is 0. The first-order valence-electron chi connectivity index (χ1n) is 5.06. The molecule has 2 unspecified atom stereocenters. The molecule has 3 nitrogen and oxygen atoms in total. The summed E-state index contributed by atoms with van der Waals surface area (Å²) in [5.74, 6) is -0.747. The molecule has 0 aliphatic rings. The van der Waals surface area contributed by atoms with Gasteiger partial charge in [-0.05, 0) is 31.8 Å². The number of hydrogen-bond donors (Lipinski definition) is 1. The second-order valence-corrected chi connectivity index (χ2v) is 4.60. The summed E-state index contributed by atoms with van der Waals surface area (Å²) >= 11 is 1.66. The van der Waals surface area contributed by atoms with Crippen LogP contribution in [-0.4, -0.2) is 29.1 Å². The van der Waals surface area contributed by atoms with Crippen molar-refractivity contribution in [1.82, 2.24) is 4.90 Å². The first-order chi connectivity index (χ1) is 7.07. The smallest absolute Gasteiger partial charge is 0.320 e. The van der Waals surface area contributed by atoms with E-state index in [-0.39, 0.29) is 6.04 Å². The Bertz CT molecular complexity index is 310. The Labute approximate surface area is 94.3 Å². The van der Waals surface area contributed by atoms with Crippen molar-refractivity contribution in [2.45, 2.75) is 32.4 Å². The predicted octanol–water partition coefficient (Wildman–Crippen LogP) is 2.60. The van der Waals surface area contributed by atoms with Crippen LogP contribution in [-0.2, 0) is 4.79 Å². The molecule has 0 aliphatic carbocycles. The van der Waals surface area contributed by atoms with Crippen molar-refractivity contribution in [2.75, 3.05) is 7.05 Å². The topological polar surface area (TPSA) is 40.5 Å². The highest BCUT2D eigenvalue weighted by Crippen LogP contribution is 2.25. The first-order valence-corrected chi connectivity index (χ1v) is 5.94. The molecule has 1 aromatic rings. The number of carbonyl (C=O) groups is 1. The van der Waals surface area contributed by atoms with Crippen LogP contribution in [0.2, 0.25) is 0 Å². The van der Waals surface area contributed by atoms with Gasteiger partial charge in [-0.1, -0.05) is 13.0 Å². The lowest BCUT2D eigenvalue weighted by Gasteiger charge is -2.29. The minimum absolute atomic E-state index is 0.158. The van der Waals surface area contributed by atoms with Crippen LogP contribution in [0.15, 0.2) is 17.5 Å². The number of carboxylic acids is 1. The van der Waals surface area contributed by atoms with Gasteiger partial charge in [-0.15, -0.1) is 11.3 Å². The Hall–Kier alpha value is -0.870. The molecule has 4 heteroatoms. The first kappa shape index (κ1) is 12.2. The zero-order chi connectivity index (χ0) is 11.4. The maximum atomic E-state index is 11.0. The number of nitrogens with zero attached hydrogens (tertiary/aromatic N) is 1. The number of carboxylic acid groups (broad SMARTS) is 1. The fourth-order valence-corrected chi connectivity index (χ4v) is 2.47. The quantitative estimate of drug-likeness (QED) is 0.840. The normalized spacial score (nSPS) is 15.2. The van der Waals surface area contributed by atoms with E-state index in [1.54, 1.807) is 11.3 Å². The van der Waals surface area contributed by atoms with Gasteiger partial charge in [0.2, 0.25) is 0 Å². The zero-order valence-electron chi connectivity index (χ0n) is 9.30. The standard InChI is InChI=1S/C11H17NO2S/c1-4-9(11(13)14)12(3)8(2)10-6-5-7-15-10/h5-9H,4H2,1-3H3,(H,13,14). The van der Waals surface area contributed by atoms with Crippen LogP contribution in [0.1, 0.15) is 31.2 Å². The van der Waals surface area contributed by atoms with Crippen LogP contribution >= 0.6 is 11.3 Å². The summed E-state index contributed by atoms with van der Waals surface area (Å²) < 4.78 is 0. The van der Waals surface area contributed by atoms with Crippen LogP contribution in [0.5, 0.6) is 0 Å². The lowest BCUT2D eigenvalue weighted by molar-refractivity contribution is -0.143. The summed E-state index contributed by atoms with van der Waals surface area (Å²) in [6.07, 6.45) is 0.627. The lowest BCUT2D eigenvalue weighted by Crippen LogP contribution is -2.39. The molecule has 0 aromatic carbocycles. The van der Waals surface area contributed by atoms with Crippen LogP contribution in [0, 0.1) is 0 Å². The van der Waals surface area contributed by atoms with E-state index < -0.39 is 12.0 Å². The average molecular weight is 227 g/mol. The molecule has 0 aliphatic heterocycles. The van der Waals surface area contributed by atoms with Gasteiger partial charge in [-0.3, -0.25) is 9.69 Å². The van der Waals surface area contributed by atoms with Crippen molar-refractivity contribution >= 4 is 17.3 Å². The molecule has 0 amide bonds. The minimum Gasteiger partial charge on any atom is -0.480 e. The number of likely N-dealkylation sites (N-methyl/N-ethyl adjacent to an activating group) is 1.